The molecule has 1 aromatic heterocycles. The monoisotopic (exact) mass is 709 g/mol. The van der Waals surface area contributed by atoms with Gasteiger partial charge in [-0.05, 0) is 84.4 Å². The zero-order chi connectivity index (χ0) is 37.7. The first-order chi connectivity index (χ1) is 24.6. The molecule has 1 spiro atoms. The summed E-state index contributed by atoms with van der Waals surface area (Å²) >= 11 is 0. The third-order valence-corrected chi connectivity index (χ3v) is 11.6. The number of ether oxygens (including phenoxy) is 2. The summed E-state index contributed by atoms with van der Waals surface area (Å²) in [4.78, 5) is 33.5. The minimum absolute atomic E-state index is 0.00651. The van der Waals surface area contributed by atoms with E-state index in [0.717, 1.165) is 78.5 Å². The average molecular weight is 710 g/mol. The van der Waals surface area contributed by atoms with Gasteiger partial charge in [-0.25, -0.2) is 0 Å². The first-order valence-corrected chi connectivity index (χ1v) is 18.9. The Kier molecular flexibility index (Phi) is 10.4. The number of pyridine rings is 1. The van der Waals surface area contributed by atoms with Crippen LogP contribution in [-0.4, -0.2) is 71.1 Å². The van der Waals surface area contributed by atoms with Crippen LogP contribution in [0, 0.1) is 25.2 Å². The van der Waals surface area contributed by atoms with E-state index in [1.54, 1.807) is 25.8 Å². The number of methoxy groups -OCH3 is 2. The van der Waals surface area contributed by atoms with E-state index in [2.05, 4.69) is 74.8 Å². The Morgan fingerprint density at radius 3 is 2.29 bits per heavy atom. The normalized spacial score (nSPS) is 19.2. The van der Waals surface area contributed by atoms with Crippen LogP contribution < -0.4 is 20.8 Å². The van der Waals surface area contributed by atoms with Crippen molar-refractivity contribution in [2.45, 2.75) is 92.4 Å². The van der Waals surface area contributed by atoms with Crippen LogP contribution in [0.4, 0.5) is 0 Å². The Bertz CT molecular complexity index is 1910. The van der Waals surface area contributed by atoms with Crippen molar-refractivity contribution in [2.75, 3.05) is 40.4 Å². The second kappa shape index (κ2) is 14.4. The second-order valence-electron chi connectivity index (χ2n) is 16.8. The molecule has 1 atom stereocenters. The van der Waals surface area contributed by atoms with Crippen molar-refractivity contribution in [3.63, 3.8) is 0 Å². The SMILES string of the molecule is COc1cc(-c2cn(C)c(=O)c(C)c2C)cc(OC)c1CN1CCN(Cc2cccc3c2CCN(C(=O)/C(N)=C/C(C)(C)C)[C@@H]3C(C)C)C2(CC2)C1. The maximum absolute atomic E-state index is 13.7. The largest absolute Gasteiger partial charge is 0.496 e. The van der Waals surface area contributed by atoms with Crippen molar-refractivity contribution in [1.29, 1.82) is 0 Å². The number of hydrogen-bond donors (Lipinski definition) is 1. The lowest BCUT2D eigenvalue weighted by Gasteiger charge is -2.44. The molecule has 3 aliphatic rings. The molecule has 2 aromatic carbocycles. The van der Waals surface area contributed by atoms with Crippen LogP contribution in [0.3, 0.4) is 0 Å². The van der Waals surface area contributed by atoms with Crippen molar-refractivity contribution < 1.29 is 14.3 Å². The fraction of sp³-hybridized carbons (Fsp3) is 0.535. The van der Waals surface area contributed by atoms with Gasteiger partial charge in [-0.15, -0.1) is 0 Å². The molecule has 1 saturated heterocycles. The van der Waals surface area contributed by atoms with E-state index in [1.165, 1.54) is 29.5 Å². The topological polar surface area (TPSA) is 93.3 Å². The lowest BCUT2D eigenvalue weighted by Crippen LogP contribution is -2.54. The smallest absolute Gasteiger partial charge is 0.269 e. The molecule has 2 fully saturated rings. The highest BCUT2D eigenvalue weighted by atomic mass is 16.5. The standard InChI is InChI=1S/C43H59N5O4/c1-27(2)39-33-13-11-12-30(32(33)14-17-48(39)41(50)36(44)22-42(5,6)7)23-47-19-18-46(26-43(47)15-16-43)25-35-37(51-9)20-31(21-38(35)52-10)34-24-45(8)40(49)29(4)28(34)3/h11-13,20-22,24,27,39H,14-19,23,25-26,44H2,1-10H3/b36-22-/t39-/m1/s1. The number of carbonyl (C=O) groups is 1. The Labute approximate surface area is 310 Å². The van der Waals surface area contributed by atoms with Gasteiger partial charge in [0.1, 0.15) is 11.5 Å². The Morgan fingerprint density at radius 1 is 1.02 bits per heavy atom. The predicted molar refractivity (Wildman–Crippen MR) is 209 cm³/mol. The number of amides is 1. The third kappa shape index (κ3) is 7.27. The minimum atomic E-state index is -0.163. The van der Waals surface area contributed by atoms with Crippen molar-refractivity contribution >= 4 is 5.91 Å². The molecule has 2 N–H and O–H groups in total. The van der Waals surface area contributed by atoms with E-state index in [0.29, 0.717) is 12.2 Å². The van der Waals surface area contributed by atoms with Gasteiger partial charge in [0.25, 0.3) is 11.5 Å². The molecule has 1 amide bonds. The molecular weight excluding hydrogens is 651 g/mol. The van der Waals surface area contributed by atoms with Gasteiger partial charge in [-0.3, -0.25) is 19.4 Å². The number of rotatable bonds is 9. The van der Waals surface area contributed by atoms with Gasteiger partial charge in [0, 0.05) is 69.2 Å². The summed E-state index contributed by atoms with van der Waals surface area (Å²) in [6.45, 7) is 19.8. The third-order valence-electron chi connectivity index (χ3n) is 11.6. The van der Waals surface area contributed by atoms with Gasteiger partial charge in [0.05, 0.1) is 31.5 Å². The zero-order valence-electron chi connectivity index (χ0n) is 33.1. The summed E-state index contributed by atoms with van der Waals surface area (Å²) < 4.78 is 13.6. The Hall–Kier alpha value is -4.08. The van der Waals surface area contributed by atoms with Crippen LogP contribution in [0.2, 0.25) is 0 Å². The lowest BCUT2D eigenvalue weighted by atomic mass is 9.83. The molecular formula is C43H59N5O4. The number of fused-ring (bicyclic) bond motifs is 1. The lowest BCUT2D eigenvalue weighted by molar-refractivity contribution is -0.131. The van der Waals surface area contributed by atoms with E-state index in [1.807, 2.05) is 31.0 Å². The zero-order valence-corrected chi connectivity index (χ0v) is 33.1. The highest BCUT2D eigenvalue weighted by Gasteiger charge is 2.51. The molecule has 52 heavy (non-hydrogen) atoms. The van der Waals surface area contributed by atoms with Crippen LogP contribution in [0.15, 0.2) is 53.1 Å². The summed E-state index contributed by atoms with van der Waals surface area (Å²) in [5, 5.41) is 0. The fourth-order valence-electron chi connectivity index (χ4n) is 8.65. The van der Waals surface area contributed by atoms with Gasteiger partial charge in [-0.1, -0.05) is 58.9 Å². The Balaban J connectivity index is 1.21. The van der Waals surface area contributed by atoms with Crippen LogP contribution in [-0.2, 0) is 31.4 Å². The number of aromatic nitrogens is 1. The van der Waals surface area contributed by atoms with Crippen LogP contribution in [0.1, 0.15) is 86.9 Å². The summed E-state index contributed by atoms with van der Waals surface area (Å²) in [5.74, 6) is 1.80. The van der Waals surface area contributed by atoms with Gasteiger partial charge in [0.15, 0.2) is 0 Å². The summed E-state index contributed by atoms with van der Waals surface area (Å²) in [6.07, 6.45) is 7.01. The number of carbonyl (C=O) groups excluding carboxylic acids is 1. The van der Waals surface area contributed by atoms with E-state index in [-0.39, 0.29) is 34.4 Å². The first-order valence-electron chi connectivity index (χ1n) is 18.9. The molecule has 0 bridgehead atoms. The van der Waals surface area contributed by atoms with E-state index in [9.17, 15) is 9.59 Å². The van der Waals surface area contributed by atoms with Crippen molar-refractivity contribution in [3.8, 4) is 22.6 Å². The number of nitrogens with zero attached hydrogens (tertiary/aromatic N) is 4. The van der Waals surface area contributed by atoms with Crippen LogP contribution >= 0.6 is 0 Å². The first kappa shape index (κ1) is 37.7. The molecule has 0 unspecified atom stereocenters. The fourth-order valence-corrected chi connectivity index (χ4v) is 8.65. The molecule has 0 radical (unpaired) electrons. The maximum atomic E-state index is 13.7. The molecule has 3 heterocycles. The predicted octanol–water partition coefficient (Wildman–Crippen LogP) is 6.51. The molecule has 280 valence electrons. The van der Waals surface area contributed by atoms with Crippen LogP contribution in [0.25, 0.3) is 11.1 Å². The molecule has 1 aliphatic carbocycles. The maximum Gasteiger partial charge on any atom is 0.269 e. The number of aryl methyl sites for hydroxylation is 1. The van der Waals surface area contributed by atoms with E-state index in [4.69, 9.17) is 15.2 Å². The highest BCUT2D eigenvalue weighted by molar-refractivity contribution is 5.93. The molecule has 3 aromatic rings. The molecule has 1 saturated carbocycles. The van der Waals surface area contributed by atoms with Gasteiger partial charge >= 0.3 is 0 Å². The average Bonchev–Trinajstić information content (AvgIpc) is 3.87. The van der Waals surface area contributed by atoms with Crippen molar-refractivity contribution in [3.05, 3.63) is 92.0 Å². The van der Waals surface area contributed by atoms with Crippen molar-refractivity contribution in [1.82, 2.24) is 19.3 Å². The Morgan fingerprint density at radius 2 is 1.69 bits per heavy atom. The number of benzene rings is 2. The molecule has 2 aliphatic heterocycles. The van der Waals surface area contributed by atoms with Crippen molar-refractivity contribution in [2.24, 2.45) is 24.1 Å². The van der Waals surface area contributed by atoms with Gasteiger partial charge < -0.3 is 24.7 Å². The summed E-state index contributed by atoms with van der Waals surface area (Å²) in [7, 11) is 5.24. The van der Waals surface area contributed by atoms with Gasteiger partial charge in [-0.2, -0.15) is 0 Å². The van der Waals surface area contributed by atoms with Crippen LogP contribution in [0.5, 0.6) is 11.5 Å². The number of allylic oxidation sites excluding steroid dienone is 1. The number of nitrogens with two attached hydrogens (primary N) is 1. The molecule has 9 heteroatoms. The van der Waals surface area contributed by atoms with E-state index < -0.39 is 0 Å². The second-order valence-corrected chi connectivity index (χ2v) is 16.8. The number of piperazine rings is 1. The summed E-state index contributed by atoms with van der Waals surface area (Å²) in [5.41, 5.74) is 15.5. The van der Waals surface area contributed by atoms with Gasteiger partial charge in [0.2, 0.25) is 0 Å². The molecule has 9 nitrogen and oxygen atoms in total. The molecule has 6 rings (SSSR count). The summed E-state index contributed by atoms with van der Waals surface area (Å²) in [6, 6.07) is 10.9. The quantitative estimate of drug-likeness (QED) is 0.254. The highest BCUT2D eigenvalue weighted by Crippen LogP contribution is 2.47. The number of hydrogen-bond acceptors (Lipinski definition) is 7. The minimum Gasteiger partial charge on any atom is -0.496 e. The van der Waals surface area contributed by atoms with E-state index >= 15 is 0 Å².